The van der Waals surface area contributed by atoms with Crippen molar-refractivity contribution in [3.05, 3.63) is 11.6 Å². The van der Waals surface area contributed by atoms with Crippen LogP contribution >= 0.6 is 24.2 Å². The third kappa shape index (κ3) is 2.06. The number of hydrogen-bond acceptors (Lipinski definition) is 3. The van der Waals surface area contributed by atoms with Gasteiger partial charge in [0, 0.05) is 6.20 Å². The molecule has 7 heavy (non-hydrogen) atoms. The van der Waals surface area contributed by atoms with E-state index in [-0.39, 0.29) is 12.4 Å². The van der Waals surface area contributed by atoms with Crippen molar-refractivity contribution in [2.45, 2.75) is 0 Å². The Morgan fingerprint density at radius 1 is 1.71 bits per heavy atom. The minimum absolute atomic E-state index is 0. The Hall–Kier alpha value is 0.140. The van der Waals surface area contributed by atoms with E-state index in [4.69, 9.17) is 5.21 Å². The Bertz CT molecular complexity index is 77.3. The van der Waals surface area contributed by atoms with E-state index >= 15 is 0 Å². The van der Waals surface area contributed by atoms with Gasteiger partial charge in [0.05, 0.1) is 5.88 Å². The quantitative estimate of drug-likeness (QED) is 0.547. The number of hydrogen-bond donors (Lipinski definition) is 1. The fourth-order valence-electron chi connectivity index (χ4n) is 0.276. The lowest BCUT2D eigenvalue weighted by molar-refractivity contribution is -0.0173. The van der Waals surface area contributed by atoms with Crippen molar-refractivity contribution in [3.8, 4) is 0 Å². The Labute approximate surface area is 52.6 Å². The van der Waals surface area contributed by atoms with E-state index in [0.29, 0.717) is 5.88 Å². The summed E-state index contributed by atoms with van der Waals surface area (Å²) >= 11 is 1.58. The summed E-state index contributed by atoms with van der Waals surface area (Å²) < 4.78 is 0. The zero-order chi connectivity index (χ0) is 4.41. The molecule has 42 valence electrons. The maximum Gasteiger partial charge on any atom is 0.0941 e. The third-order valence-corrected chi connectivity index (χ3v) is 1.26. The summed E-state index contributed by atoms with van der Waals surface area (Å²) in [7, 11) is 0. The van der Waals surface area contributed by atoms with Crippen LogP contribution in [0, 0.1) is 0 Å². The van der Waals surface area contributed by atoms with Crippen molar-refractivity contribution in [1.82, 2.24) is 5.06 Å². The Morgan fingerprint density at radius 3 is 2.57 bits per heavy atom. The molecule has 1 N–H and O–H groups in total. The van der Waals surface area contributed by atoms with E-state index in [2.05, 4.69) is 0 Å². The normalized spacial score (nSPS) is 17.0. The van der Waals surface area contributed by atoms with Crippen molar-refractivity contribution in [1.29, 1.82) is 0 Å². The standard InChI is InChI=1S/C3H5NOS.ClH/c5-4-1-2-6-3-4;/h1-2,5H,3H2;1H. The summed E-state index contributed by atoms with van der Waals surface area (Å²) in [5.41, 5.74) is 0. The maximum absolute atomic E-state index is 8.45. The van der Waals surface area contributed by atoms with Crippen LogP contribution in [0.15, 0.2) is 11.6 Å². The van der Waals surface area contributed by atoms with Gasteiger partial charge in [0.15, 0.2) is 0 Å². The topological polar surface area (TPSA) is 23.5 Å². The smallest absolute Gasteiger partial charge is 0.0941 e. The fourth-order valence-corrected chi connectivity index (χ4v) is 0.827. The summed E-state index contributed by atoms with van der Waals surface area (Å²) in [6.45, 7) is 0. The first-order chi connectivity index (χ1) is 2.89. The highest BCUT2D eigenvalue weighted by Crippen LogP contribution is 2.11. The van der Waals surface area contributed by atoms with Crippen LogP contribution in [0.4, 0.5) is 0 Å². The van der Waals surface area contributed by atoms with Crippen LogP contribution in [0.3, 0.4) is 0 Å². The molecular formula is C3H6ClNOS. The molecule has 2 nitrogen and oxygen atoms in total. The number of nitrogens with zero attached hydrogens (tertiary/aromatic N) is 1. The first-order valence-corrected chi connectivity index (χ1v) is 2.68. The summed E-state index contributed by atoms with van der Waals surface area (Å²) in [4.78, 5) is 0. The van der Waals surface area contributed by atoms with Crippen molar-refractivity contribution in [2.75, 3.05) is 5.88 Å². The summed E-state index contributed by atoms with van der Waals surface area (Å²) in [5, 5.41) is 11.4. The fraction of sp³-hybridized carbons (Fsp3) is 0.333. The van der Waals surface area contributed by atoms with Gasteiger partial charge in [-0.1, -0.05) is 0 Å². The van der Waals surface area contributed by atoms with Gasteiger partial charge in [0.1, 0.15) is 0 Å². The lowest BCUT2D eigenvalue weighted by Gasteiger charge is -1.98. The monoisotopic (exact) mass is 139 g/mol. The molecule has 1 rings (SSSR count). The Morgan fingerprint density at radius 2 is 2.43 bits per heavy atom. The van der Waals surface area contributed by atoms with Crippen LogP contribution in [0.2, 0.25) is 0 Å². The van der Waals surface area contributed by atoms with Crippen LogP contribution < -0.4 is 0 Å². The zero-order valence-corrected chi connectivity index (χ0v) is 5.21. The molecule has 0 aliphatic carbocycles. The van der Waals surface area contributed by atoms with Gasteiger partial charge >= 0.3 is 0 Å². The Balaban J connectivity index is 0.000000360. The molecule has 4 heteroatoms. The van der Waals surface area contributed by atoms with Gasteiger partial charge in [-0.3, -0.25) is 10.3 Å². The lowest BCUT2D eigenvalue weighted by Crippen LogP contribution is -2.03. The van der Waals surface area contributed by atoms with Crippen LogP contribution in [-0.4, -0.2) is 16.1 Å². The van der Waals surface area contributed by atoms with Crippen LogP contribution in [0.5, 0.6) is 0 Å². The van der Waals surface area contributed by atoms with Crippen LogP contribution in [-0.2, 0) is 0 Å². The molecule has 1 aliphatic heterocycles. The van der Waals surface area contributed by atoms with Gasteiger partial charge in [0.25, 0.3) is 0 Å². The number of rotatable bonds is 0. The molecule has 0 fully saturated rings. The van der Waals surface area contributed by atoms with E-state index < -0.39 is 0 Å². The molecule has 0 radical (unpaired) electrons. The van der Waals surface area contributed by atoms with E-state index in [0.717, 1.165) is 5.06 Å². The molecular weight excluding hydrogens is 134 g/mol. The van der Waals surface area contributed by atoms with Crippen molar-refractivity contribution in [2.24, 2.45) is 0 Å². The first kappa shape index (κ1) is 7.14. The molecule has 0 aromatic carbocycles. The average Bonchev–Trinajstić information content (AvgIpc) is 1.86. The maximum atomic E-state index is 8.45. The highest BCUT2D eigenvalue weighted by atomic mass is 35.5. The molecule has 0 unspecified atom stereocenters. The molecule has 0 amide bonds. The van der Waals surface area contributed by atoms with Gasteiger partial charge in [0.2, 0.25) is 0 Å². The van der Waals surface area contributed by atoms with Crippen molar-refractivity contribution >= 4 is 24.2 Å². The van der Waals surface area contributed by atoms with Crippen LogP contribution in [0.1, 0.15) is 0 Å². The molecule has 1 heterocycles. The highest BCUT2D eigenvalue weighted by Gasteiger charge is 1.95. The predicted molar refractivity (Wildman–Crippen MR) is 32.5 cm³/mol. The van der Waals surface area contributed by atoms with Crippen molar-refractivity contribution < 1.29 is 5.21 Å². The summed E-state index contributed by atoms with van der Waals surface area (Å²) in [6, 6.07) is 0. The van der Waals surface area contributed by atoms with Gasteiger partial charge < -0.3 is 0 Å². The molecule has 0 bridgehead atoms. The van der Waals surface area contributed by atoms with Crippen molar-refractivity contribution in [3.63, 3.8) is 0 Å². The second-order valence-corrected chi connectivity index (χ2v) is 1.88. The zero-order valence-electron chi connectivity index (χ0n) is 3.57. The minimum Gasteiger partial charge on any atom is -0.288 e. The SMILES string of the molecule is Cl.ON1C=CSC1. The number of hydroxylamine groups is 2. The first-order valence-electron chi connectivity index (χ1n) is 1.63. The predicted octanol–water partition coefficient (Wildman–Crippen LogP) is 1.27. The van der Waals surface area contributed by atoms with E-state index in [9.17, 15) is 0 Å². The van der Waals surface area contributed by atoms with Gasteiger partial charge in [-0.05, 0) is 5.41 Å². The molecule has 0 aromatic rings. The summed E-state index contributed by atoms with van der Waals surface area (Å²) in [6.07, 6.45) is 1.63. The van der Waals surface area contributed by atoms with Gasteiger partial charge in [-0.2, -0.15) is 0 Å². The highest BCUT2D eigenvalue weighted by molar-refractivity contribution is 8.02. The number of thioether (sulfide) groups is 1. The second kappa shape index (κ2) is 3.18. The van der Waals surface area contributed by atoms with Crippen LogP contribution in [0.25, 0.3) is 0 Å². The van der Waals surface area contributed by atoms with E-state index in [1.807, 2.05) is 5.41 Å². The largest absolute Gasteiger partial charge is 0.288 e. The summed E-state index contributed by atoms with van der Waals surface area (Å²) in [5.74, 6) is 0.681. The third-order valence-electron chi connectivity index (χ3n) is 0.536. The van der Waals surface area contributed by atoms with Gasteiger partial charge in [-0.25, -0.2) is 0 Å². The number of halogens is 1. The minimum atomic E-state index is 0. The molecule has 0 spiro atoms. The van der Waals surface area contributed by atoms with Gasteiger partial charge in [-0.15, -0.1) is 24.2 Å². The van der Waals surface area contributed by atoms with E-state index in [1.165, 1.54) is 0 Å². The lowest BCUT2D eigenvalue weighted by atomic mass is 11.0. The average molecular weight is 140 g/mol. The molecule has 0 saturated heterocycles. The molecule has 0 saturated carbocycles. The van der Waals surface area contributed by atoms with E-state index in [1.54, 1.807) is 18.0 Å². The Kier molecular flexibility index (Phi) is 3.25. The molecule has 0 atom stereocenters. The molecule has 0 aromatic heterocycles. The second-order valence-electron chi connectivity index (χ2n) is 1.02. The molecule has 1 aliphatic rings.